The Morgan fingerprint density at radius 2 is 1.55 bits per heavy atom. The van der Waals surface area contributed by atoms with Gasteiger partial charge in [-0.3, -0.25) is 0 Å². The smallest absolute Gasteiger partial charge is 0.250 e. The standard InChI is InChI=1S/C12H9Cl6N3O/c1-22-7-4-2-3-6(5-7)8-19-9(11(13,14)15)21-10(20-8)12(16,17)18/h2-3,5,7H,4H2,1H3. The van der Waals surface area contributed by atoms with Gasteiger partial charge in [-0.2, -0.15) is 0 Å². The Hall–Kier alpha value is 0.190. The second-order valence-electron chi connectivity index (χ2n) is 4.34. The van der Waals surface area contributed by atoms with Crippen LogP contribution in [0, 0.1) is 0 Å². The third-order valence-corrected chi connectivity index (χ3v) is 3.75. The van der Waals surface area contributed by atoms with Gasteiger partial charge < -0.3 is 4.74 Å². The summed E-state index contributed by atoms with van der Waals surface area (Å²) < 4.78 is 1.54. The summed E-state index contributed by atoms with van der Waals surface area (Å²) in [4.78, 5) is 12.2. The van der Waals surface area contributed by atoms with Crippen molar-refractivity contribution in [2.45, 2.75) is 20.1 Å². The fourth-order valence-electron chi connectivity index (χ4n) is 1.72. The maximum Gasteiger partial charge on any atom is 0.250 e. The second kappa shape index (κ2) is 6.98. The van der Waals surface area contributed by atoms with Gasteiger partial charge in [0.2, 0.25) is 7.59 Å². The zero-order valence-electron chi connectivity index (χ0n) is 11.0. The third-order valence-electron chi connectivity index (χ3n) is 2.73. The van der Waals surface area contributed by atoms with Gasteiger partial charge in [-0.1, -0.05) is 81.8 Å². The van der Waals surface area contributed by atoms with Gasteiger partial charge in [0, 0.05) is 12.7 Å². The Labute approximate surface area is 157 Å². The van der Waals surface area contributed by atoms with E-state index in [1.807, 2.05) is 18.2 Å². The second-order valence-corrected chi connectivity index (χ2v) is 8.90. The maximum absolute atomic E-state index is 5.83. The van der Waals surface area contributed by atoms with Gasteiger partial charge in [0.15, 0.2) is 17.5 Å². The van der Waals surface area contributed by atoms with Gasteiger partial charge in [-0.15, -0.1) is 0 Å². The molecule has 0 aliphatic heterocycles. The minimum absolute atomic E-state index is 0.107. The molecule has 0 radical (unpaired) electrons. The number of halogens is 6. The summed E-state index contributed by atoms with van der Waals surface area (Å²) in [6.07, 6.45) is 6.19. The number of hydrogen-bond donors (Lipinski definition) is 0. The van der Waals surface area contributed by atoms with E-state index >= 15 is 0 Å². The molecule has 0 saturated carbocycles. The molecule has 2 rings (SSSR count). The monoisotopic (exact) mass is 421 g/mol. The van der Waals surface area contributed by atoms with Crippen LogP contribution in [0.5, 0.6) is 0 Å². The summed E-state index contributed by atoms with van der Waals surface area (Å²) in [5.41, 5.74) is 0.659. The Bertz CT molecular complexity index is 588. The zero-order chi connectivity index (χ0) is 16.5. The minimum Gasteiger partial charge on any atom is -0.377 e. The lowest BCUT2D eigenvalue weighted by molar-refractivity contribution is 0.143. The van der Waals surface area contributed by atoms with Crippen molar-refractivity contribution < 1.29 is 4.74 Å². The highest BCUT2D eigenvalue weighted by Gasteiger charge is 2.34. The van der Waals surface area contributed by atoms with Crippen LogP contribution in [0.1, 0.15) is 23.9 Å². The average molecular weight is 424 g/mol. The van der Waals surface area contributed by atoms with Gasteiger partial charge in [-0.25, -0.2) is 15.0 Å². The number of alkyl halides is 6. The Balaban J connectivity index is 2.56. The summed E-state index contributed by atoms with van der Waals surface area (Å²) >= 11 is 35.0. The summed E-state index contributed by atoms with van der Waals surface area (Å²) in [6, 6.07) is 0. The zero-order valence-corrected chi connectivity index (χ0v) is 15.6. The first-order chi connectivity index (χ1) is 10.1. The fraction of sp³-hybridized carbons (Fsp3) is 0.417. The molecule has 0 aromatic carbocycles. The van der Waals surface area contributed by atoms with E-state index < -0.39 is 7.59 Å². The predicted octanol–water partition coefficient (Wildman–Crippen LogP) is 4.88. The van der Waals surface area contributed by atoms with Crippen molar-refractivity contribution in [1.82, 2.24) is 15.0 Å². The Kier molecular flexibility index (Phi) is 5.87. The van der Waals surface area contributed by atoms with E-state index in [9.17, 15) is 0 Å². The molecule has 1 unspecified atom stereocenters. The highest BCUT2D eigenvalue weighted by atomic mass is 35.6. The summed E-state index contributed by atoms with van der Waals surface area (Å²) in [6.45, 7) is 0. The van der Waals surface area contributed by atoms with Gasteiger partial charge >= 0.3 is 0 Å². The molecule has 1 aromatic heterocycles. The van der Waals surface area contributed by atoms with Crippen LogP contribution < -0.4 is 0 Å². The largest absolute Gasteiger partial charge is 0.377 e. The van der Waals surface area contributed by atoms with Gasteiger partial charge in [0.05, 0.1) is 6.10 Å². The third kappa shape index (κ3) is 4.60. The molecule has 0 N–H and O–H groups in total. The van der Waals surface area contributed by atoms with Crippen molar-refractivity contribution in [3.63, 3.8) is 0 Å². The molecule has 1 atom stereocenters. The van der Waals surface area contributed by atoms with Crippen molar-refractivity contribution in [1.29, 1.82) is 0 Å². The number of aromatic nitrogens is 3. The summed E-state index contributed by atoms with van der Waals surface area (Å²) in [7, 11) is 1.60. The van der Waals surface area contributed by atoms with Crippen LogP contribution in [0.4, 0.5) is 0 Å². The molecular weight excluding hydrogens is 415 g/mol. The van der Waals surface area contributed by atoms with Gasteiger partial charge in [0.1, 0.15) is 0 Å². The van der Waals surface area contributed by atoms with E-state index in [1.165, 1.54) is 0 Å². The van der Waals surface area contributed by atoms with E-state index in [4.69, 9.17) is 74.3 Å². The molecule has 1 aromatic rings. The number of hydrogen-bond acceptors (Lipinski definition) is 4. The van der Waals surface area contributed by atoms with Crippen LogP contribution in [0.3, 0.4) is 0 Å². The highest BCUT2D eigenvalue weighted by molar-refractivity contribution is 6.67. The van der Waals surface area contributed by atoms with E-state index in [-0.39, 0.29) is 23.6 Å². The molecule has 1 heterocycles. The van der Waals surface area contributed by atoms with Crippen LogP contribution >= 0.6 is 69.6 Å². The van der Waals surface area contributed by atoms with E-state index in [0.717, 1.165) is 6.42 Å². The lowest BCUT2D eigenvalue weighted by Crippen LogP contribution is -2.18. The SMILES string of the molecule is COC1C=C(c2nc(C(Cl)(Cl)Cl)nc(C(Cl)(Cl)Cl)n2)C=CC1. The molecule has 0 saturated heterocycles. The molecule has 0 fully saturated rings. The quantitative estimate of drug-likeness (QED) is 0.636. The molecule has 0 spiro atoms. The molecule has 0 bridgehead atoms. The number of methoxy groups -OCH3 is 1. The van der Waals surface area contributed by atoms with Crippen molar-refractivity contribution in [3.05, 3.63) is 35.7 Å². The van der Waals surface area contributed by atoms with Gasteiger partial charge in [0.25, 0.3) is 0 Å². The molecule has 22 heavy (non-hydrogen) atoms. The lowest BCUT2D eigenvalue weighted by Gasteiger charge is -2.18. The molecule has 4 nitrogen and oxygen atoms in total. The minimum atomic E-state index is -1.87. The number of nitrogens with zero attached hydrogens (tertiary/aromatic N) is 3. The molecule has 0 amide bonds. The Morgan fingerprint density at radius 1 is 1.00 bits per heavy atom. The van der Waals surface area contributed by atoms with Crippen LogP contribution in [-0.4, -0.2) is 28.2 Å². The number of allylic oxidation sites excluding steroid dienone is 2. The lowest BCUT2D eigenvalue weighted by atomic mass is 10.0. The first-order valence-corrected chi connectivity index (χ1v) is 8.20. The predicted molar refractivity (Wildman–Crippen MR) is 90.8 cm³/mol. The van der Waals surface area contributed by atoms with Crippen molar-refractivity contribution in [2.24, 2.45) is 0 Å². The first-order valence-electron chi connectivity index (χ1n) is 5.93. The normalized spacial score (nSPS) is 19.2. The summed E-state index contributed by atoms with van der Waals surface area (Å²) in [5, 5.41) is 0. The average Bonchev–Trinajstić information content (AvgIpc) is 2.45. The van der Waals surface area contributed by atoms with Crippen molar-refractivity contribution in [2.75, 3.05) is 7.11 Å². The van der Waals surface area contributed by atoms with Crippen molar-refractivity contribution in [3.8, 4) is 0 Å². The van der Waals surface area contributed by atoms with Crippen LogP contribution in [0.15, 0.2) is 18.2 Å². The maximum atomic E-state index is 5.83. The number of rotatable bonds is 2. The molecule has 1 aliphatic carbocycles. The van der Waals surface area contributed by atoms with Crippen molar-refractivity contribution >= 4 is 75.2 Å². The van der Waals surface area contributed by atoms with Crippen LogP contribution in [0.2, 0.25) is 0 Å². The number of ether oxygens (including phenoxy) is 1. The molecule has 1 aliphatic rings. The molecule has 10 heteroatoms. The topological polar surface area (TPSA) is 47.9 Å². The molecular formula is C12H9Cl6N3O. The highest BCUT2D eigenvalue weighted by Crippen LogP contribution is 2.40. The fourth-order valence-corrected chi connectivity index (χ4v) is 2.23. The first kappa shape index (κ1) is 18.5. The van der Waals surface area contributed by atoms with Crippen LogP contribution in [-0.2, 0) is 12.3 Å². The molecule has 120 valence electrons. The van der Waals surface area contributed by atoms with Gasteiger partial charge in [-0.05, 0) is 12.5 Å². The van der Waals surface area contributed by atoms with Crippen LogP contribution in [0.25, 0.3) is 5.57 Å². The van der Waals surface area contributed by atoms with E-state index in [2.05, 4.69) is 15.0 Å². The van der Waals surface area contributed by atoms with E-state index in [1.54, 1.807) is 7.11 Å². The summed E-state index contributed by atoms with van der Waals surface area (Å²) in [5.74, 6) is -0.0222. The Morgan fingerprint density at radius 3 is 2.00 bits per heavy atom. The van der Waals surface area contributed by atoms with E-state index in [0.29, 0.717) is 5.57 Å².